The molecule has 20 heavy (non-hydrogen) atoms. The van der Waals surface area contributed by atoms with Gasteiger partial charge in [0.05, 0.1) is 17.2 Å². The summed E-state index contributed by atoms with van der Waals surface area (Å²) in [5, 5.41) is 1.50. The molecule has 0 bridgehead atoms. The van der Waals surface area contributed by atoms with Crippen LogP contribution in [0.2, 0.25) is 0 Å². The van der Waals surface area contributed by atoms with Gasteiger partial charge in [0.2, 0.25) is 0 Å². The van der Waals surface area contributed by atoms with Gasteiger partial charge in [0.25, 0.3) is 0 Å². The Morgan fingerprint density at radius 1 is 1.35 bits per heavy atom. The molecule has 0 saturated carbocycles. The van der Waals surface area contributed by atoms with Crippen LogP contribution in [0.25, 0.3) is 0 Å². The molecule has 0 radical (unpaired) electrons. The summed E-state index contributed by atoms with van der Waals surface area (Å²) in [6, 6.07) is 8.55. The number of hydrogen-bond acceptors (Lipinski definition) is 4. The van der Waals surface area contributed by atoms with Gasteiger partial charge in [-0.05, 0) is 32.9 Å². The van der Waals surface area contributed by atoms with Gasteiger partial charge < -0.3 is 10.5 Å². The Kier molecular flexibility index (Phi) is 6.10. The van der Waals surface area contributed by atoms with Crippen LogP contribution in [0.4, 0.5) is 0 Å². The number of ether oxygens (including phenoxy) is 1. The first-order valence-electron chi connectivity index (χ1n) is 6.39. The van der Waals surface area contributed by atoms with Crippen LogP contribution in [-0.2, 0) is 20.3 Å². The van der Waals surface area contributed by atoms with Gasteiger partial charge in [0.15, 0.2) is 0 Å². The van der Waals surface area contributed by atoms with Crippen molar-refractivity contribution in [3.8, 4) is 0 Å². The first-order chi connectivity index (χ1) is 9.28. The summed E-state index contributed by atoms with van der Waals surface area (Å²) in [6.07, 6.45) is 1.65. The average molecular weight is 295 g/mol. The minimum Gasteiger partial charge on any atom is -0.460 e. The van der Waals surface area contributed by atoms with Crippen molar-refractivity contribution in [3.05, 3.63) is 41.8 Å². The SMILES string of the molecule is CC(C)(C)OC(=O)CC(N)/C=C/S(=O)c1ccccc1. The maximum atomic E-state index is 11.9. The van der Waals surface area contributed by atoms with Crippen molar-refractivity contribution in [2.45, 2.75) is 43.7 Å². The van der Waals surface area contributed by atoms with E-state index in [0.717, 1.165) is 0 Å². The first kappa shape index (κ1) is 16.6. The summed E-state index contributed by atoms with van der Waals surface area (Å²) < 4.78 is 17.1. The lowest BCUT2D eigenvalue weighted by atomic mass is 10.2. The maximum Gasteiger partial charge on any atom is 0.308 e. The standard InChI is InChI=1S/C15H21NO3S/c1-15(2,3)19-14(17)11-12(16)9-10-20(18)13-7-5-4-6-8-13/h4-10,12H,11,16H2,1-3H3/b10-9+. The van der Waals surface area contributed by atoms with Crippen molar-refractivity contribution >= 4 is 16.8 Å². The summed E-state index contributed by atoms with van der Waals surface area (Å²) in [6.45, 7) is 5.41. The lowest BCUT2D eigenvalue weighted by Crippen LogP contribution is -2.29. The largest absolute Gasteiger partial charge is 0.460 e. The highest BCUT2D eigenvalue weighted by Crippen LogP contribution is 2.10. The molecule has 0 spiro atoms. The van der Waals surface area contributed by atoms with Crippen LogP contribution in [0.5, 0.6) is 0 Å². The van der Waals surface area contributed by atoms with Gasteiger partial charge in [0, 0.05) is 16.3 Å². The highest BCUT2D eigenvalue weighted by atomic mass is 32.2. The van der Waals surface area contributed by atoms with Crippen LogP contribution in [0.1, 0.15) is 27.2 Å². The molecule has 2 unspecified atom stereocenters. The van der Waals surface area contributed by atoms with Gasteiger partial charge >= 0.3 is 5.97 Å². The number of hydrogen-bond donors (Lipinski definition) is 1. The molecule has 0 aromatic heterocycles. The number of carbonyl (C=O) groups excluding carboxylic acids is 1. The lowest BCUT2D eigenvalue weighted by molar-refractivity contribution is -0.154. The second kappa shape index (κ2) is 7.36. The molecule has 1 aromatic rings. The minimum atomic E-state index is -1.25. The Morgan fingerprint density at radius 3 is 2.50 bits per heavy atom. The highest BCUT2D eigenvalue weighted by Gasteiger charge is 2.17. The molecule has 110 valence electrons. The predicted molar refractivity (Wildman–Crippen MR) is 80.4 cm³/mol. The first-order valence-corrected chi connectivity index (χ1v) is 7.60. The van der Waals surface area contributed by atoms with E-state index >= 15 is 0 Å². The van der Waals surface area contributed by atoms with Crippen molar-refractivity contribution in [1.29, 1.82) is 0 Å². The molecule has 2 N–H and O–H groups in total. The van der Waals surface area contributed by atoms with Crippen LogP contribution in [0.15, 0.2) is 46.7 Å². The Morgan fingerprint density at radius 2 is 1.95 bits per heavy atom. The molecule has 0 aliphatic rings. The van der Waals surface area contributed by atoms with Gasteiger partial charge in [-0.25, -0.2) is 4.21 Å². The van der Waals surface area contributed by atoms with E-state index < -0.39 is 22.4 Å². The normalized spacial score (nSPS) is 15.0. The van der Waals surface area contributed by atoms with E-state index in [2.05, 4.69) is 0 Å². The zero-order valence-electron chi connectivity index (χ0n) is 12.0. The molecule has 1 aromatic carbocycles. The second-order valence-corrected chi connectivity index (χ2v) is 6.73. The third kappa shape index (κ3) is 6.63. The Hall–Kier alpha value is -1.46. The quantitative estimate of drug-likeness (QED) is 0.847. The van der Waals surface area contributed by atoms with E-state index in [1.807, 2.05) is 18.2 Å². The van der Waals surface area contributed by atoms with Crippen LogP contribution in [0, 0.1) is 0 Å². The van der Waals surface area contributed by atoms with E-state index in [-0.39, 0.29) is 12.4 Å². The molecule has 0 amide bonds. The molecule has 0 fully saturated rings. The summed E-state index contributed by atoms with van der Waals surface area (Å²) in [5.41, 5.74) is 5.28. The third-order valence-electron chi connectivity index (χ3n) is 2.25. The topological polar surface area (TPSA) is 69.4 Å². The molecule has 0 heterocycles. The zero-order chi connectivity index (χ0) is 15.2. The van der Waals surface area contributed by atoms with E-state index in [1.165, 1.54) is 5.41 Å². The zero-order valence-corrected chi connectivity index (χ0v) is 12.9. The second-order valence-electron chi connectivity index (χ2n) is 5.39. The van der Waals surface area contributed by atoms with E-state index in [0.29, 0.717) is 4.90 Å². The molecule has 0 aliphatic heterocycles. The fraction of sp³-hybridized carbons (Fsp3) is 0.400. The molecular weight excluding hydrogens is 274 g/mol. The predicted octanol–water partition coefficient (Wildman–Crippen LogP) is 2.37. The Bertz CT molecular complexity index is 492. The van der Waals surface area contributed by atoms with Crippen molar-refractivity contribution in [2.24, 2.45) is 5.73 Å². The number of benzene rings is 1. The van der Waals surface area contributed by atoms with Gasteiger partial charge in [-0.15, -0.1) is 0 Å². The molecular formula is C15H21NO3S. The summed E-state index contributed by atoms with van der Waals surface area (Å²) in [4.78, 5) is 12.3. The van der Waals surface area contributed by atoms with E-state index in [1.54, 1.807) is 39.0 Å². The van der Waals surface area contributed by atoms with E-state index in [4.69, 9.17) is 10.5 Å². The molecule has 1 rings (SSSR count). The molecule has 5 heteroatoms. The van der Waals surface area contributed by atoms with Crippen molar-refractivity contribution in [2.75, 3.05) is 0 Å². The number of rotatable bonds is 5. The monoisotopic (exact) mass is 295 g/mol. The molecule has 2 atom stereocenters. The number of carbonyl (C=O) groups is 1. The van der Waals surface area contributed by atoms with Crippen LogP contribution in [0.3, 0.4) is 0 Å². The Balaban J connectivity index is 2.50. The maximum absolute atomic E-state index is 11.9. The van der Waals surface area contributed by atoms with Gasteiger partial charge in [-0.1, -0.05) is 24.3 Å². The fourth-order valence-electron chi connectivity index (χ4n) is 1.45. The van der Waals surface area contributed by atoms with Gasteiger partial charge in [0.1, 0.15) is 5.60 Å². The van der Waals surface area contributed by atoms with E-state index in [9.17, 15) is 9.00 Å². The average Bonchev–Trinajstić information content (AvgIpc) is 2.34. The third-order valence-corrected chi connectivity index (χ3v) is 3.39. The van der Waals surface area contributed by atoms with Crippen molar-refractivity contribution in [3.63, 3.8) is 0 Å². The summed E-state index contributed by atoms with van der Waals surface area (Å²) in [5.74, 6) is -0.361. The lowest BCUT2D eigenvalue weighted by Gasteiger charge is -2.20. The molecule has 0 saturated heterocycles. The van der Waals surface area contributed by atoms with Crippen molar-refractivity contribution in [1.82, 2.24) is 0 Å². The smallest absolute Gasteiger partial charge is 0.308 e. The number of nitrogens with two attached hydrogens (primary N) is 1. The van der Waals surface area contributed by atoms with Gasteiger partial charge in [-0.2, -0.15) is 0 Å². The molecule has 0 aliphatic carbocycles. The van der Waals surface area contributed by atoms with Gasteiger partial charge in [-0.3, -0.25) is 4.79 Å². The summed E-state index contributed by atoms with van der Waals surface area (Å²) >= 11 is 0. The highest BCUT2D eigenvalue weighted by molar-refractivity contribution is 7.88. The minimum absolute atomic E-state index is 0.0692. The van der Waals surface area contributed by atoms with Crippen LogP contribution >= 0.6 is 0 Å². The fourth-order valence-corrected chi connectivity index (χ4v) is 2.38. The Labute approximate surface area is 122 Å². The number of esters is 1. The van der Waals surface area contributed by atoms with Crippen LogP contribution in [-0.4, -0.2) is 21.8 Å². The van der Waals surface area contributed by atoms with Crippen LogP contribution < -0.4 is 5.73 Å². The van der Waals surface area contributed by atoms with Crippen molar-refractivity contribution < 1.29 is 13.7 Å². The molecule has 4 nitrogen and oxygen atoms in total. The summed E-state index contributed by atoms with van der Waals surface area (Å²) in [7, 11) is -1.25.